The fourth-order valence-electron chi connectivity index (χ4n) is 4.74. The van der Waals surface area contributed by atoms with Crippen molar-refractivity contribution >= 4 is 58.9 Å². The van der Waals surface area contributed by atoms with Crippen molar-refractivity contribution in [2.75, 3.05) is 0 Å². The minimum atomic E-state index is -1.07. The minimum absolute atomic E-state index is 0. The maximum atomic E-state index is 11.2. The minimum Gasteiger partial charge on any atom is -0.493 e. The topological polar surface area (TPSA) is 175 Å². The van der Waals surface area contributed by atoms with Gasteiger partial charge in [-0.05, 0) is 62.4 Å². The number of hydrogen-bond acceptors (Lipinski definition) is 8. The fourth-order valence-corrected chi connectivity index (χ4v) is 5.17. The number of aryl methyl sites for hydroxylation is 2. The molecule has 0 saturated heterocycles. The molecule has 0 saturated carbocycles. The van der Waals surface area contributed by atoms with Gasteiger partial charge in [0.05, 0.1) is 66.4 Å². The molecule has 0 spiro atoms. The Morgan fingerprint density at radius 2 is 0.941 bits per heavy atom. The maximum absolute atomic E-state index is 11.2. The molecule has 0 aliphatic rings. The van der Waals surface area contributed by atoms with Crippen LogP contribution in [0.15, 0.2) is 107 Å². The molecule has 2 heterocycles. The first-order valence-corrected chi connectivity index (χ1v) is 15.5. The molecular formula is C36H28Cl2CoN6O6. The van der Waals surface area contributed by atoms with Crippen LogP contribution < -0.4 is 0 Å². The first-order chi connectivity index (χ1) is 24.0. The van der Waals surface area contributed by atoms with Crippen molar-refractivity contribution in [3.63, 3.8) is 0 Å². The quantitative estimate of drug-likeness (QED) is 0.113. The molecule has 2 aromatic heterocycles. The summed E-state index contributed by atoms with van der Waals surface area (Å²) in [7, 11) is 0. The van der Waals surface area contributed by atoms with E-state index in [9.17, 15) is 30.0 Å². The van der Waals surface area contributed by atoms with Crippen LogP contribution in [0.2, 0.25) is 10.0 Å². The predicted molar refractivity (Wildman–Crippen MR) is 191 cm³/mol. The molecule has 0 amide bonds. The third-order valence-corrected chi connectivity index (χ3v) is 7.90. The molecule has 4 N–H and O–H groups in total. The number of carboxylic acids is 2. The fraction of sp³-hybridized carbons (Fsp3) is 0.0556. The molecule has 0 unspecified atom stereocenters. The second kappa shape index (κ2) is 16.8. The van der Waals surface area contributed by atoms with Crippen molar-refractivity contribution in [2.24, 2.45) is 9.98 Å². The number of halogens is 2. The van der Waals surface area contributed by atoms with Crippen molar-refractivity contribution in [3.05, 3.63) is 141 Å². The van der Waals surface area contributed by atoms with E-state index in [1.54, 1.807) is 98.8 Å². The Kier molecular flexibility index (Phi) is 12.5. The smallest absolute Gasteiger partial charge is 0.337 e. The van der Waals surface area contributed by atoms with Crippen LogP contribution in [0.1, 0.15) is 43.2 Å². The molecule has 12 nitrogen and oxygen atoms in total. The number of rotatable bonds is 8. The van der Waals surface area contributed by atoms with Crippen molar-refractivity contribution in [1.82, 2.24) is 19.6 Å². The molecule has 0 aliphatic heterocycles. The Labute approximate surface area is 311 Å². The predicted octanol–water partition coefficient (Wildman–Crippen LogP) is 7.97. The number of aromatic hydroxyl groups is 2. The van der Waals surface area contributed by atoms with Gasteiger partial charge in [-0.2, -0.15) is 19.6 Å². The number of aliphatic imine (C=N–C) groups is 2. The number of para-hydroxylation sites is 4. The Bertz CT molecular complexity index is 2130. The van der Waals surface area contributed by atoms with Crippen LogP contribution in [0.5, 0.6) is 11.8 Å². The van der Waals surface area contributed by atoms with E-state index >= 15 is 0 Å². The summed E-state index contributed by atoms with van der Waals surface area (Å²) in [4.78, 5) is 30.9. The van der Waals surface area contributed by atoms with Crippen LogP contribution in [-0.4, -0.2) is 64.4 Å². The Hall–Kier alpha value is -5.73. The van der Waals surface area contributed by atoms with Gasteiger partial charge in [0.1, 0.15) is 0 Å². The Balaban J connectivity index is 0.000000224. The number of aromatic nitrogens is 4. The number of carboxylic acid groups (broad SMARTS) is 2. The molecule has 51 heavy (non-hydrogen) atoms. The summed E-state index contributed by atoms with van der Waals surface area (Å²) in [5.74, 6) is -2.38. The van der Waals surface area contributed by atoms with Gasteiger partial charge in [-0.15, -0.1) is 0 Å². The summed E-state index contributed by atoms with van der Waals surface area (Å²) in [6.45, 7) is 3.44. The SMILES string of the molecule is Cc1nn(-c2ccccc2Cl)c(O)c1C=Nc1ccccc1C(=O)O.Cc1nn(-c2ccccc2Cl)c(O)c1C=Nc1ccccc1C(=O)O.[Co]. The van der Waals surface area contributed by atoms with E-state index in [2.05, 4.69) is 20.2 Å². The molecule has 1 radical (unpaired) electrons. The van der Waals surface area contributed by atoms with E-state index in [0.29, 0.717) is 55.3 Å². The second-order valence-corrected chi connectivity index (χ2v) is 11.3. The van der Waals surface area contributed by atoms with E-state index in [4.69, 9.17) is 23.2 Å². The van der Waals surface area contributed by atoms with Gasteiger partial charge in [-0.25, -0.2) is 9.59 Å². The molecule has 6 rings (SSSR count). The molecule has 0 aliphatic carbocycles. The zero-order valence-corrected chi connectivity index (χ0v) is 29.3. The summed E-state index contributed by atoms with van der Waals surface area (Å²) in [5, 5.41) is 48.8. The maximum Gasteiger partial charge on any atom is 0.337 e. The molecule has 6 aromatic rings. The first-order valence-electron chi connectivity index (χ1n) is 14.8. The number of benzene rings is 4. The van der Waals surface area contributed by atoms with Gasteiger partial charge < -0.3 is 20.4 Å². The van der Waals surface area contributed by atoms with E-state index in [-0.39, 0.29) is 39.7 Å². The molecular weight excluding hydrogens is 742 g/mol. The number of aromatic carboxylic acids is 2. The molecule has 4 aromatic carbocycles. The van der Waals surface area contributed by atoms with Crippen LogP contribution in [0.25, 0.3) is 11.4 Å². The summed E-state index contributed by atoms with van der Waals surface area (Å²) >= 11 is 12.3. The van der Waals surface area contributed by atoms with Crippen molar-refractivity contribution in [2.45, 2.75) is 13.8 Å². The van der Waals surface area contributed by atoms with E-state index in [1.807, 2.05) is 0 Å². The van der Waals surface area contributed by atoms with Gasteiger partial charge in [0, 0.05) is 29.2 Å². The third-order valence-electron chi connectivity index (χ3n) is 7.26. The largest absolute Gasteiger partial charge is 0.493 e. The normalized spacial score (nSPS) is 10.9. The van der Waals surface area contributed by atoms with E-state index < -0.39 is 11.9 Å². The van der Waals surface area contributed by atoms with Crippen LogP contribution in [0, 0.1) is 13.8 Å². The second-order valence-electron chi connectivity index (χ2n) is 10.5. The molecule has 261 valence electrons. The van der Waals surface area contributed by atoms with Gasteiger partial charge in [-0.1, -0.05) is 71.7 Å². The van der Waals surface area contributed by atoms with Gasteiger partial charge in [0.25, 0.3) is 0 Å². The van der Waals surface area contributed by atoms with Crippen molar-refractivity contribution in [3.8, 4) is 23.1 Å². The molecule has 15 heteroatoms. The zero-order chi connectivity index (χ0) is 35.9. The van der Waals surface area contributed by atoms with E-state index in [0.717, 1.165) is 0 Å². The summed E-state index contributed by atoms with van der Waals surface area (Å²) < 4.78 is 2.64. The number of nitrogens with zero attached hydrogens (tertiary/aromatic N) is 6. The van der Waals surface area contributed by atoms with Gasteiger partial charge in [-0.3, -0.25) is 9.98 Å². The standard InChI is InChI=1S/2C18H14ClN3O3.Co/c2*1-11-13(10-20-15-8-4-2-6-12(15)18(24)25)17(23)22(21-11)16-9-5-3-7-14(16)19;/h2*2-10,23H,1H3,(H,24,25);. The van der Waals surface area contributed by atoms with Gasteiger partial charge in [0.2, 0.25) is 11.8 Å². The third kappa shape index (κ3) is 8.53. The first kappa shape index (κ1) is 38.1. The summed E-state index contributed by atoms with van der Waals surface area (Å²) in [6.07, 6.45) is 2.79. The number of carbonyl (C=O) groups is 2. The van der Waals surface area contributed by atoms with Gasteiger partial charge >= 0.3 is 11.9 Å². The molecule has 0 atom stereocenters. The monoisotopic (exact) mass is 769 g/mol. The van der Waals surface area contributed by atoms with Crippen molar-refractivity contribution in [1.29, 1.82) is 0 Å². The van der Waals surface area contributed by atoms with E-state index in [1.165, 1.54) is 33.9 Å². The Morgan fingerprint density at radius 3 is 1.29 bits per heavy atom. The average Bonchev–Trinajstić information content (AvgIpc) is 3.55. The van der Waals surface area contributed by atoms with Crippen molar-refractivity contribution < 1.29 is 46.8 Å². The average molecular weight is 770 g/mol. The summed E-state index contributed by atoms with van der Waals surface area (Å²) in [5.41, 5.74) is 3.66. The van der Waals surface area contributed by atoms with Crippen LogP contribution in [0.4, 0.5) is 11.4 Å². The van der Waals surface area contributed by atoms with Crippen LogP contribution in [0.3, 0.4) is 0 Å². The molecule has 0 fully saturated rings. The number of hydrogen-bond donors (Lipinski definition) is 4. The van der Waals surface area contributed by atoms with Crippen LogP contribution >= 0.6 is 23.2 Å². The Morgan fingerprint density at radius 1 is 0.608 bits per heavy atom. The van der Waals surface area contributed by atoms with Gasteiger partial charge in [0.15, 0.2) is 0 Å². The molecule has 0 bridgehead atoms. The summed E-state index contributed by atoms with van der Waals surface area (Å²) in [6, 6.07) is 26.7. The van der Waals surface area contributed by atoms with Crippen LogP contribution in [-0.2, 0) is 16.8 Å². The zero-order valence-electron chi connectivity index (χ0n) is 26.8.